The molecule has 20 heavy (non-hydrogen) atoms. The molecule has 1 N–H and O–H groups in total. The van der Waals surface area contributed by atoms with Crippen LogP contribution in [0.1, 0.15) is 30.6 Å². The number of para-hydroxylation sites is 1. The Hall–Kier alpha value is -2.29. The summed E-state index contributed by atoms with van der Waals surface area (Å²) in [4.78, 5) is 12.1. The molecule has 2 aromatic rings. The van der Waals surface area contributed by atoms with Crippen LogP contribution in [0.15, 0.2) is 54.6 Å². The fourth-order valence-corrected chi connectivity index (χ4v) is 1.73. The van der Waals surface area contributed by atoms with E-state index in [9.17, 15) is 4.79 Å². The molecule has 0 heterocycles. The molecule has 0 aromatic heterocycles. The molecular formula is C17H19NO2. The van der Waals surface area contributed by atoms with Crippen LogP contribution in [0.4, 0.5) is 0 Å². The van der Waals surface area contributed by atoms with Crippen LogP contribution in [0.25, 0.3) is 0 Å². The Morgan fingerprint density at radius 2 is 1.80 bits per heavy atom. The predicted octanol–water partition coefficient (Wildman–Crippen LogP) is 4.01. The Morgan fingerprint density at radius 3 is 2.50 bits per heavy atom. The molecule has 0 saturated carbocycles. The zero-order chi connectivity index (χ0) is 14.4. The third-order valence-corrected chi connectivity index (χ3v) is 3.06. The minimum atomic E-state index is -0.0714. The minimum Gasteiger partial charge on any atom is -0.457 e. The maximum absolute atomic E-state index is 12.1. The molecule has 0 aliphatic rings. The Balaban J connectivity index is 2.10. The monoisotopic (exact) mass is 269 g/mol. The summed E-state index contributed by atoms with van der Waals surface area (Å²) < 4.78 is 5.72. The second kappa shape index (κ2) is 6.75. The van der Waals surface area contributed by atoms with Crippen molar-refractivity contribution in [2.45, 2.75) is 26.3 Å². The fraction of sp³-hybridized carbons (Fsp3) is 0.235. The number of hydrogen-bond donors (Lipinski definition) is 1. The van der Waals surface area contributed by atoms with Gasteiger partial charge in [0.1, 0.15) is 11.5 Å². The first kappa shape index (κ1) is 14.1. The van der Waals surface area contributed by atoms with Gasteiger partial charge in [0.25, 0.3) is 5.91 Å². The summed E-state index contributed by atoms with van der Waals surface area (Å²) in [6.45, 7) is 4.03. The van der Waals surface area contributed by atoms with Gasteiger partial charge in [-0.15, -0.1) is 0 Å². The standard InChI is InChI=1S/C17H19NO2/c1-3-13(2)18-17(19)14-8-7-11-16(12-14)20-15-9-5-4-6-10-15/h4-13H,3H2,1-2H3,(H,18,19). The summed E-state index contributed by atoms with van der Waals surface area (Å²) >= 11 is 0. The average molecular weight is 269 g/mol. The molecule has 0 saturated heterocycles. The highest BCUT2D eigenvalue weighted by atomic mass is 16.5. The largest absolute Gasteiger partial charge is 0.457 e. The Bertz CT molecular complexity index is 566. The Labute approximate surface area is 119 Å². The van der Waals surface area contributed by atoms with Gasteiger partial charge in [-0.3, -0.25) is 4.79 Å². The van der Waals surface area contributed by atoms with Gasteiger partial charge in [-0.05, 0) is 43.7 Å². The number of ether oxygens (including phenoxy) is 1. The molecule has 2 rings (SSSR count). The first-order chi connectivity index (χ1) is 9.69. The van der Waals surface area contributed by atoms with Crippen LogP contribution in [0.3, 0.4) is 0 Å². The molecular weight excluding hydrogens is 250 g/mol. The zero-order valence-corrected chi connectivity index (χ0v) is 11.8. The maximum Gasteiger partial charge on any atom is 0.251 e. The van der Waals surface area contributed by atoms with Crippen molar-refractivity contribution in [1.82, 2.24) is 5.32 Å². The number of rotatable bonds is 5. The van der Waals surface area contributed by atoms with Gasteiger partial charge in [-0.2, -0.15) is 0 Å². The van der Waals surface area contributed by atoms with E-state index >= 15 is 0 Å². The number of nitrogens with one attached hydrogen (secondary N) is 1. The number of hydrogen-bond acceptors (Lipinski definition) is 2. The summed E-state index contributed by atoms with van der Waals surface area (Å²) in [5.74, 6) is 1.35. The van der Waals surface area contributed by atoms with E-state index in [2.05, 4.69) is 5.32 Å². The first-order valence-corrected chi connectivity index (χ1v) is 6.83. The molecule has 0 bridgehead atoms. The van der Waals surface area contributed by atoms with Crippen LogP contribution in [0.5, 0.6) is 11.5 Å². The first-order valence-electron chi connectivity index (χ1n) is 6.83. The van der Waals surface area contributed by atoms with Crippen LogP contribution < -0.4 is 10.1 Å². The van der Waals surface area contributed by atoms with Crippen molar-refractivity contribution in [3.63, 3.8) is 0 Å². The molecule has 1 amide bonds. The van der Waals surface area contributed by atoms with Gasteiger partial charge in [0, 0.05) is 11.6 Å². The highest BCUT2D eigenvalue weighted by Crippen LogP contribution is 2.21. The van der Waals surface area contributed by atoms with Gasteiger partial charge in [0.05, 0.1) is 0 Å². The van der Waals surface area contributed by atoms with E-state index in [1.54, 1.807) is 12.1 Å². The predicted molar refractivity (Wildman–Crippen MR) is 80.2 cm³/mol. The molecule has 0 aliphatic heterocycles. The highest BCUT2D eigenvalue weighted by Gasteiger charge is 2.09. The zero-order valence-electron chi connectivity index (χ0n) is 11.8. The van der Waals surface area contributed by atoms with E-state index in [-0.39, 0.29) is 11.9 Å². The van der Waals surface area contributed by atoms with Gasteiger partial charge >= 0.3 is 0 Å². The number of carbonyl (C=O) groups is 1. The van der Waals surface area contributed by atoms with E-state index in [1.165, 1.54) is 0 Å². The highest BCUT2D eigenvalue weighted by molar-refractivity contribution is 5.94. The number of amides is 1. The van der Waals surface area contributed by atoms with E-state index in [0.717, 1.165) is 12.2 Å². The average Bonchev–Trinajstić information content (AvgIpc) is 2.48. The van der Waals surface area contributed by atoms with Crippen molar-refractivity contribution in [2.75, 3.05) is 0 Å². The maximum atomic E-state index is 12.1. The SMILES string of the molecule is CCC(C)NC(=O)c1cccc(Oc2ccccc2)c1. The third kappa shape index (κ3) is 3.85. The Kier molecular flexibility index (Phi) is 4.77. The summed E-state index contributed by atoms with van der Waals surface area (Å²) in [5, 5.41) is 2.94. The minimum absolute atomic E-state index is 0.0714. The quantitative estimate of drug-likeness (QED) is 0.890. The molecule has 104 valence electrons. The van der Waals surface area contributed by atoms with Gasteiger partial charge in [-0.25, -0.2) is 0 Å². The van der Waals surface area contributed by atoms with Gasteiger partial charge in [-0.1, -0.05) is 31.2 Å². The molecule has 0 spiro atoms. The lowest BCUT2D eigenvalue weighted by Gasteiger charge is -2.12. The van der Waals surface area contributed by atoms with E-state index in [1.807, 2.05) is 56.3 Å². The van der Waals surface area contributed by atoms with Gasteiger partial charge < -0.3 is 10.1 Å². The van der Waals surface area contributed by atoms with Crippen LogP contribution in [0.2, 0.25) is 0 Å². The van der Waals surface area contributed by atoms with Crippen LogP contribution in [-0.4, -0.2) is 11.9 Å². The lowest BCUT2D eigenvalue weighted by atomic mass is 10.1. The van der Waals surface area contributed by atoms with E-state index in [0.29, 0.717) is 11.3 Å². The summed E-state index contributed by atoms with van der Waals surface area (Å²) in [7, 11) is 0. The summed E-state index contributed by atoms with van der Waals surface area (Å²) in [6, 6.07) is 16.9. The second-order valence-corrected chi connectivity index (χ2v) is 4.73. The van der Waals surface area contributed by atoms with Gasteiger partial charge in [0.2, 0.25) is 0 Å². The van der Waals surface area contributed by atoms with Crippen molar-refractivity contribution in [1.29, 1.82) is 0 Å². The van der Waals surface area contributed by atoms with Crippen LogP contribution in [0, 0.1) is 0 Å². The lowest BCUT2D eigenvalue weighted by Crippen LogP contribution is -2.31. The smallest absolute Gasteiger partial charge is 0.251 e. The summed E-state index contributed by atoms with van der Waals surface area (Å²) in [5.41, 5.74) is 0.610. The Morgan fingerprint density at radius 1 is 1.10 bits per heavy atom. The second-order valence-electron chi connectivity index (χ2n) is 4.73. The van der Waals surface area contributed by atoms with Crippen LogP contribution in [-0.2, 0) is 0 Å². The molecule has 1 atom stereocenters. The molecule has 0 fully saturated rings. The van der Waals surface area contributed by atoms with Crippen molar-refractivity contribution in [2.24, 2.45) is 0 Å². The lowest BCUT2D eigenvalue weighted by molar-refractivity contribution is 0.0939. The van der Waals surface area contributed by atoms with E-state index < -0.39 is 0 Å². The molecule has 3 heteroatoms. The van der Waals surface area contributed by atoms with Gasteiger partial charge in [0.15, 0.2) is 0 Å². The summed E-state index contributed by atoms with van der Waals surface area (Å²) in [6.07, 6.45) is 0.909. The van der Waals surface area contributed by atoms with Crippen molar-refractivity contribution < 1.29 is 9.53 Å². The van der Waals surface area contributed by atoms with Crippen molar-refractivity contribution in [3.05, 3.63) is 60.2 Å². The molecule has 0 aliphatic carbocycles. The topological polar surface area (TPSA) is 38.3 Å². The fourth-order valence-electron chi connectivity index (χ4n) is 1.73. The number of carbonyl (C=O) groups excluding carboxylic acids is 1. The molecule has 2 aromatic carbocycles. The van der Waals surface area contributed by atoms with Crippen molar-refractivity contribution in [3.8, 4) is 11.5 Å². The molecule has 1 unspecified atom stereocenters. The van der Waals surface area contributed by atoms with E-state index in [4.69, 9.17) is 4.74 Å². The van der Waals surface area contributed by atoms with Crippen molar-refractivity contribution >= 4 is 5.91 Å². The van der Waals surface area contributed by atoms with Crippen LogP contribution >= 0.6 is 0 Å². The third-order valence-electron chi connectivity index (χ3n) is 3.06. The number of benzene rings is 2. The normalized spacial score (nSPS) is 11.7. The molecule has 3 nitrogen and oxygen atoms in total. The molecule has 0 radical (unpaired) electrons.